The molecule has 1 heterocycles. The van der Waals surface area contributed by atoms with E-state index in [1.165, 1.54) is 16.7 Å². The standard InChI is InChI=1S/C16H16ClNO/c17-15-6-1-2-7-16(15)19-11-13-5-3-4-12-8-9-18-10-14(12)13/h1-7,18H,8-11H2. The number of para-hydroxylation sites is 1. The third kappa shape index (κ3) is 2.75. The van der Waals surface area contributed by atoms with Crippen LogP contribution in [0.1, 0.15) is 16.7 Å². The first-order valence-electron chi connectivity index (χ1n) is 6.52. The van der Waals surface area contributed by atoms with Crippen molar-refractivity contribution < 1.29 is 4.74 Å². The van der Waals surface area contributed by atoms with E-state index in [9.17, 15) is 0 Å². The molecule has 0 spiro atoms. The summed E-state index contributed by atoms with van der Waals surface area (Å²) in [5.74, 6) is 0.741. The second kappa shape index (κ2) is 5.64. The van der Waals surface area contributed by atoms with Gasteiger partial charge in [0.05, 0.1) is 5.02 Å². The number of hydrogen-bond acceptors (Lipinski definition) is 2. The van der Waals surface area contributed by atoms with E-state index in [-0.39, 0.29) is 0 Å². The van der Waals surface area contributed by atoms with Crippen LogP contribution in [-0.2, 0) is 19.6 Å². The van der Waals surface area contributed by atoms with Crippen LogP contribution in [0.15, 0.2) is 42.5 Å². The van der Waals surface area contributed by atoms with Gasteiger partial charge in [0.15, 0.2) is 0 Å². The van der Waals surface area contributed by atoms with Crippen molar-refractivity contribution in [2.75, 3.05) is 6.54 Å². The summed E-state index contributed by atoms with van der Waals surface area (Å²) in [6.07, 6.45) is 1.09. The van der Waals surface area contributed by atoms with E-state index in [0.717, 1.165) is 25.3 Å². The molecule has 19 heavy (non-hydrogen) atoms. The number of hydrogen-bond donors (Lipinski definition) is 1. The second-order valence-corrected chi connectivity index (χ2v) is 5.11. The summed E-state index contributed by atoms with van der Waals surface area (Å²) >= 11 is 6.10. The topological polar surface area (TPSA) is 21.3 Å². The summed E-state index contributed by atoms with van der Waals surface area (Å²) < 4.78 is 5.83. The number of ether oxygens (including phenoxy) is 1. The molecule has 0 aromatic heterocycles. The van der Waals surface area contributed by atoms with Crippen molar-refractivity contribution in [3.63, 3.8) is 0 Å². The molecule has 0 bridgehead atoms. The Balaban J connectivity index is 1.79. The molecule has 3 heteroatoms. The molecule has 2 aromatic rings. The first-order chi connectivity index (χ1) is 9.34. The Morgan fingerprint density at radius 2 is 2.00 bits per heavy atom. The highest BCUT2D eigenvalue weighted by molar-refractivity contribution is 6.32. The Morgan fingerprint density at radius 3 is 2.89 bits per heavy atom. The predicted molar refractivity (Wildman–Crippen MR) is 77.6 cm³/mol. The Hall–Kier alpha value is -1.51. The van der Waals surface area contributed by atoms with Crippen molar-refractivity contribution in [3.8, 4) is 5.75 Å². The summed E-state index contributed by atoms with van der Waals surface area (Å²) in [6.45, 7) is 2.55. The number of fused-ring (bicyclic) bond motifs is 1. The van der Waals surface area contributed by atoms with Crippen molar-refractivity contribution in [3.05, 3.63) is 64.2 Å². The van der Waals surface area contributed by atoms with Gasteiger partial charge in [0.1, 0.15) is 12.4 Å². The fraction of sp³-hybridized carbons (Fsp3) is 0.250. The zero-order chi connectivity index (χ0) is 13.1. The number of rotatable bonds is 3. The van der Waals surface area contributed by atoms with Crippen LogP contribution in [0, 0.1) is 0 Å². The molecular formula is C16H16ClNO. The summed E-state index contributed by atoms with van der Waals surface area (Å²) in [7, 11) is 0. The Morgan fingerprint density at radius 1 is 1.11 bits per heavy atom. The zero-order valence-electron chi connectivity index (χ0n) is 10.7. The maximum atomic E-state index is 6.10. The van der Waals surface area contributed by atoms with Crippen molar-refractivity contribution in [1.29, 1.82) is 0 Å². The molecule has 3 rings (SSSR count). The lowest BCUT2D eigenvalue weighted by Gasteiger charge is -2.20. The van der Waals surface area contributed by atoms with Crippen LogP contribution in [0.2, 0.25) is 5.02 Å². The van der Waals surface area contributed by atoms with E-state index in [2.05, 4.69) is 23.5 Å². The van der Waals surface area contributed by atoms with E-state index in [1.54, 1.807) is 0 Å². The Labute approximate surface area is 118 Å². The highest BCUT2D eigenvalue weighted by atomic mass is 35.5. The maximum Gasteiger partial charge on any atom is 0.138 e. The zero-order valence-corrected chi connectivity index (χ0v) is 11.4. The van der Waals surface area contributed by atoms with Crippen LogP contribution in [0.25, 0.3) is 0 Å². The minimum atomic E-state index is 0.564. The maximum absolute atomic E-state index is 6.10. The van der Waals surface area contributed by atoms with Crippen LogP contribution in [-0.4, -0.2) is 6.54 Å². The molecule has 0 radical (unpaired) electrons. The van der Waals surface area contributed by atoms with Gasteiger partial charge in [0.2, 0.25) is 0 Å². The Bertz CT molecular complexity index is 583. The smallest absolute Gasteiger partial charge is 0.138 e. The molecule has 0 saturated heterocycles. The van der Waals surface area contributed by atoms with Crippen LogP contribution in [0.3, 0.4) is 0 Å². The molecular weight excluding hydrogens is 258 g/mol. The van der Waals surface area contributed by atoms with Gasteiger partial charge in [-0.3, -0.25) is 0 Å². The molecule has 0 amide bonds. The van der Waals surface area contributed by atoms with Gasteiger partial charge in [0.25, 0.3) is 0 Å². The van der Waals surface area contributed by atoms with Crippen LogP contribution in [0.4, 0.5) is 0 Å². The average molecular weight is 274 g/mol. The molecule has 0 fully saturated rings. The summed E-state index contributed by atoms with van der Waals surface area (Å²) in [5.41, 5.74) is 4.05. The van der Waals surface area contributed by atoms with Crippen molar-refractivity contribution in [2.45, 2.75) is 19.6 Å². The molecule has 0 saturated carbocycles. The Kier molecular flexibility index (Phi) is 3.72. The summed E-state index contributed by atoms with van der Waals surface area (Å²) in [4.78, 5) is 0. The molecule has 2 nitrogen and oxygen atoms in total. The van der Waals surface area contributed by atoms with E-state index in [4.69, 9.17) is 16.3 Å². The second-order valence-electron chi connectivity index (χ2n) is 4.70. The summed E-state index contributed by atoms with van der Waals surface area (Å²) in [6, 6.07) is 14.0. The lowest BCUT2D eigenvalue weighted by atomic mass is 9.96. The SMILES string of the molecule is Clc1ccccc1OCc1cccc2c1CNCC2. The first-order valence-corrected chi connectivity index (χ1v) is 6.90. The third-order valence-electron chi connectivity index (χ3n) is 3.46. The highest BCUT2D eigenvalue weighted by Crippen LogP contribution is 2.25. The normalized spacial score (nSPS) is 13.9. The molecule has 1 N–H and O–H groups in total. The highest BCUT2D eigenvalue weighted by Gasteiger charge is 2.12. The molecule has 1 aliphatic rings. The minimum absolute atomic E-state index is 0.564. The van der Waals surface area contributed by atoms with Crippen molar-refractivity contribution in [2.24, 2.45) is 0 Å². The van der Waals surface area contributed by atoms with Gasteiger partial charge in [0, 0.05) is 6.54 Å². The van der Waals surface area contributed by atoms with Crippen LogP contribution in [0.5, 0.6) is 5.75 Å². The number of halogens is 1. The molecule has 98 valence electrons. The van der Waals surface area contributed by atoms with Gasteiger partial charge >= 0.3 is 0 Å². The molecule has 1 aliphatic heterocycles. The van der Waals surface area contributed by atoms with E-state index >= 15 is 0 Å². The molecule has 0 aliphatic carbocycles. The van der Waals surface area contributed by atoms with Gasteiger partial charge < -0.3 is 10.1 Å². The molecule has 2 aromatic carbocycles. The van der Waals surface area contributed by atoms with E-state index in [0.29, 0.717) is 11.6 Å². The van der Waals surface area contributed by atoms with Crippen molar-refractivity contribution in [1.82, 2.24) is 5.32 Å². The van der Waals surface area contributed by atoms with Gasteiger partial charge in [-0.05, 0) is 41.8 Å². The van der Waals surface area contributed by atoms with Crippen LogP contribution < -0.4 is 10.1 Å². The molecule has 0 unspecified atom stereocenters. The third-order valence-corrected chi connectivity index (χ3v) is 3.78. The van der Waals surface area contributed by atoms with E-state index < -0.39 is 0 Å². The first kappa shape index (κ1) is 12.5. The number of benzene rings is 2. The lowest BCUT2D eigenvalue weighted by Crippen LogP contribution is -2.25. The van der Waals surface area contributed by atoms with Gasteiger partial charge in [-0.2, -0.15) is 0 Å². The van der Waals surface area contributed by atoms with Gasteiger partial charge in [-0.25, -0.2) is 0 Å². The molecule has 0 atom stereocenters. The monoisotopic (exact) mass is 273 g/mol. The number of nitrogens with one attached hydrogen (secondary N) is 1. The lowest BCUT2D eigenvalue weighted by molar-refractivity contribution is 0.304. The van der Waals surface area contributed by atoms with Crippen molar-refractivity contribution >= 4 is 11.6 Å². The fourth-order valence-corrected chi connectivity index (χ4v) is 2.63. The fourth-order valence-electron chi connectivity index (χ4n) is 2.44. The average Bonchev–Trinajstić information content (AvgIpc) is 2.46. The minimum Gasteiger partial charge on any atom is -0.487 e. The van der Waals surface area contributed by atoms with Crippen LogP contribution >= 0.6 is 11.6 Å². The summed E-state index contributed by atoms with van der Waals surface area (Å²) in [5, 5.41) is 4.07. The van der Waals surface area contributed by atoms with E-state index in [1.807, 2.05) is 24.3 Å². The van der Waals surface area contributed by atoms with Gasteiger partial charge in [-0.1, -0.05) is 41.9 Å². The van der Waals surface area contributed by atoms with Gasteiger partial charge in [-0.15, -0.1) is 0 Å². The largest absolute Gasteiger partial charge is 0.487 e. The quantitative estimate of drug-likeness (QED) is 0.923. The predicted octanol–water partition coefficient (Wildman–Crippen LogP) is 3.56.